The van der Waals surface area contributed by atoms with Gasteiger partial charge in [0.1, 0.15) is 5.69 Å². The van der Waals surface area contributed by atoms with Crippen molar-refractivity contribution in [2.24, 2.45) is 7.05 Å². The lowest BCUT2D eigenvalue weighted by atomic mass is 10.1. The van der Waals surface area contributed by atoms with E-state index in [4.69, 9.17) is 9.47 Å². The number of hydrogen-bond donors (Lipinski definition) is 1. The van der Waals surface area contributed by atoms with Crippen LogP contribution in [0.1, 0.15) is 16.1 Å². The van der Waals surface area contributed by atoms with Gasteiger partial charge < -0.3 is 19.4 Å². The van der Waals surface area contributed by atoms with Crippen molar-refractivity contribution in [2.45, 2.75) is 6.42 Å². The first-order valence-corrected chi connectivity index (χ1v) is 6.76. The number of ether oxygens (including phenoxy) is 2. The van der Waals surface area contributed by atoms with Crippen molar-refractivity contribution in [1.29, 1.82) is 0 Å². The molecule has 0 aliphatic rings. The van der Waals surface area contributed by atoms with E-state index < -0.39 is 0 Å². The predicted molar refractivity (Wildman–Crippen MR) is 81.0 cm³/mol. The van der Waals surface area contributed by atoms with E-state index >= 15 is 0 Å². The summed E-state index contributed by atoms with van der Waals surface area (Å²) in [5.74, 6) is 1.33. The lowest BCUT2D eigenvalue weighted by Gasteiger charge is -2.10. The van der Waals surface area contributed by atoms with Gasteiger partial charge in [-0.3, -0.25) is 4.79 Å². The van der Waals surface area contributed by atoms with Gasteiger partial charge in [-0.25, -0.2) is 0 Å². The summed E-state index contributed by atoms with van der Waals surface area (Å²) in [6.07, 6.45) is 2.58. The second kappa shape index (κ2) is 6.83. The van der Waals surface area contributed by atoms with Gasteiger partial charge in [-0.05, 0) is 36.2 Å². The fourth-order valence-electron chi connectivity index (χ4n) is 2.14. The molecule has 112 valence electrons. The number of carbonyl (C=O) groups excluding carboxylic acids is 1. The van der Waals surface area contributed by atoms with Gasteiger partial charge >= 0.3 is 0 Å². The first-order valence-electron chi connectivity index (χ1n) is 6.76. The summed E-state index contributed by atoms with van der Waals surface area (Å²) in [5.41, 5.74) is 1.74. The Morgan fingerprint density at radius 3 is 2.57 bits per heavy atom. The standard InChI is InChI=1S/C16H20N2O3/c1-18-10-4-5-13(18)16(19)17-9-8-12-6-7-14(20-2)15(11-12)21-3/h4-7,10-11H,8-9H2,1-3H3,(H,17,19). The summed E-state index contributed by atoms with van der Waals surface area (Å²) >= 11 is 0. The Labute approximate surface area is 124 Å². The van der Waals surface area contributed by atoms with Gasteiger partial charge in [0.05, 0.1) is 14.2 Å². The number of carbonyl (C=O) groups is 1. The third kappa shape index (κ3) is 3.56. The van der Waals surface area contributed by atoms with E-state index in [2.05, 4.69) is 5.32 Å². The Hall–Kier alpha value is -2.43. The Morgan fingerprint density at radius 2 is 1.95 bits per heavy atom. The maximum absolute atomic E-state index is 12.0. The summed E-state index contributed by atoms with van der Waals surface area (Å²) < 4.78 is 12.3. The fraction of sp³-hybridized carbons (Fsp3) is 0.312. The van der Waals surface area contributed by atoms with Crippen LogP contribution in [-0.4, -0.2) is 31.2 Å². The molecule has 5 heteroatoms. The van der Waals surface area contributed by atoms with Gasteiger partial charge in [-0.15, -0.1) is 0 Å². The minimum atomic E-state index is -0.0667. The summed E-state index contributed by atoms with van der Waals surface area (Å²) in [6.45, 7) is 0.569. The minimum Gasteiger partial charge on any atom is -0.493 e. The average molecular weight is 288 g/mol. The monoisotopic (exact) mass is 288 g/mol. The zero-order chi connectivity index (χ0) is 15.2. The van der Waals surface area contributed by atoms with E-state index in [-0.39, 0.29) is 5.91 Å². The van der Waals surface area contributed by atoms with Crippen molar-refractivity contribution in [3.63, 3.8) is 0 Å². The minimum absolute atomic E-state index is 0.0667. The fourth-order valence-corrected chi connectivity index (χ4v) is 2.14. The molecule has 0 saturated carbocycles. The molecule has 0 aliphatic heterocycles. The molecular formula is C16H20N2O3. The Balaban J connectivity index is 1.92. The molecule has 0 aliphatic carbocycles. The summed E-state index contributed by atoms with van der Waals surface area (Å²) in [7, 11) is 5.07. The molecule has 2 aromatic rings. The number of amides is 1. The Morgan fingerprint density at radius 1 is 1.19 bits per heavy atom. The number of nitrogens with one attached hydrogen (secondary N) is 1. The third-order valence-electron chi connectivity index (χ3n) is 3.32. The van der Waals surface area contributed by atoms with Crippen molar-refractivity contribution in [3.8, 4) is 11.5 Å². The van der Waals surface area contributed by atoms with Crippen LogP contribution in [0.25, 0.3) is 0 Å². The van der Waals surface area contributed by atoms with Crippen molar-refractivity contribution >= 4 is 5.91 Å². The topological polar surface area (TPSA) is 52.5 Å². The van der Waals surface area contributed by atoms with E-state index in [1.165, 1.54) is 0 Å². The van der Waals surface area contributed by atoms with Crippen LogP contribution < -0.4 is 14.8 Å². The number of aromatic nitrogens is 1. The average Bonchev–Trinajstić information content (AvgIpc) is 2.93. The van der Waals surface area contributed by atoms with Crippen molar-refractivity contribution in [2.75, 3.05) is 20.8 Å². The highest BCUT2D eigenvalue weighted by Gasteiger charge is 2.08. The molecule has 0 saturated heterocycles. The first-order chi connectivity index (χ1) is 10.2. The first kappa shape index (κ1) is 15.0. The molecule has 21 heavy (non-hydrogen) atoms. The van der Waals surface area contributed by atoms with Crippen LogP contribution in [0.2, 0.25) is 0 Å². The van der Waals surface area contributed by atoms with E-state index in [1.54, 1.807) is 24.9 Å². The van der Waals surface area contributed by atoms with E-state index in [9.17, 15) is 4.79 Å². The predicted octanol–water partition coefficient (Wildman–Crippen LogP) is 2.01. The van der Waals surface area contributed by atoms with Gasteiger partial charge in [0, 0.05) is 19.8 Å². The van der Waals surface area contributed by atoms with Crippen LogP contribution >= 0.6 is 0 Å². The quantitative estimate of drug-likeness (QED) is 0.884. The molecule has 2 rings (SSSR count). The highest BCUT2D eigenvalue weighted by Crippen LogP contribution is 2.27. The van der Waals surface area contributed by atoms with Gasteiger partial charge in [0.2, 0.25) is 0 Å². The molecular weight excluding hydrogens is 268 g/mol. The highest BCUT2D eigenvalue weighted by molar-refractivity contribution is 5.92. The molecule has 0 unspecified atom stereocenters. The zero-order valence-electron chi connectivity index (χ0n) is 12.6. The number of nitrogens with zero attached hydrogens (tertiary/aromatic N) is 1. The number of rotatable bonds is 6. The molecule has 0 radical (unpaired) electrons. The summed E-state index contributed by atoms with van der Waals surface area (Å²) in [6, 6.07) is 9.41. The Kier molecular flexibility index (Phi) is 4.87. The zero-order valence-corrected chi connectivity index (χ0v) is 12.6. The number of hydrogen-bond acceptors (Lipinski definition) is 3. The van der Waals surface area contributed by atoms with Gasteiger partial charge in [0.15, 0.2) is 11.5 Å². The van der Waals surface area contributed by atoms with Crippen molar-refractivity contribution < 1.29 is 14.3 Å². The van der Waals surface area contributed by atoms with Gasteiger partial charge in [-0.1, -0.05) is 6.07 Å². The molecule has 0 fully saturated rings. The van der Waals surface area contributed by atoms with Crippen LogP contribution in [0.3, 0.4) is 0 Å². The maximum atomic E-state index is 12.0. The van der Waals surface area contributed by atoms with E-state index in [1.807, 2.05) is 37.5 Å². The molecule has 0 atom stereocenters. The van der Waals surface area contributed by atoms with Crippen molar-refractivity contribution in [3.05, 3.63) is 47.8 Å². The number of benzene rings is 1. The van der Waals surface area contributed by atoms with Crippen LogP contribution in [0, 0.1) is 0 Å². The van der Waals surface area contributed by atoms with E-state index in [0.717, 1.165) is 12.0 Å². The summed E-state index contributed by atoms with van der Waals surface area (Å²) in [4.78, 5) is 12.0. The normalized spacial score (nSPS) is 10.2. The molecule has 1 heterocycles. The van der Waals surface area contributed by atoms with Crippen LogP contribution in [0.5, 0.6) is 11.5 Å². The second-order valence-electron chi connectivity index (χ2n) is 4.70. The molecule has 1 aromatic carbocycles. The molecule has 1 aromatic heterocycles. The highest BCUT2D eigenvalue weighted by atomic mass is 16.5. The van der Waals surface area contributed by atoms with E-state index in [0.29, 0.717) is 23.7 Å². The van der Waals surface area contributed by atoms with Crippen LogP contribution in [-0.2, 0) is 13.5 Å². The van der Waals surface area contributed by atoms with Crippen LogP contribution in [0.15, 0.2) is 36.5 Å². The maximum Gasteiger partial charge on any atom is 0.267 e. The van der Waals surface area contributed by atoms with Crippen LogP contribution in [0.4, 0.5) is 0 Å². The smallest absolute Gasteiger partial charge is 0.267 e. The largest absolute Gasteiger partial charge is 0.493 e. The molecule has 5 nitrogen and oxygen atoms in total. The van der Waals surface area contributed by atoms with Gasteiger partial charge in [0.25, 0.3) is 5.91 Å². The summed E-state index contributed by atoms with van der Waals surface area (Å²) in [5, 5.41) is 2.91. The lowest BCUT2D eigenvalue weighted by Crippen LogP contribution is -2.27. The SMILES string of the molecule is COc1ccc(CCNC(=O)c2cccn2C)cc1OC. The van der Waals surface area contributed by atoms with Crippen molar-refractivity contribution in [1.82, 2.24) is 9.88 Å². The number of methoxy groups -OCH3 is 2. The molecule has 0 bridgehead atoms. The molecule has 1 amide bonds. The molecule has 1 N–H and O–H groups in total. The molecule has 0 spiro atoms. The van der Waals surface area contributed by atoms with Gasteiger partial charge in [-0.2, -0.15) is 0 Å². The third-order valence-corrected chi connectivity index (χ3v) is 3.32. The number of aryl methyl sites for hydroxylation is 1. The Bertz CT molecular complexity index is 620. The second-order valence-corrected chi connectivity index (χ2v) is 4.70. The lowest BCUT2D eigenvalue weighted by molar-refractivity contribution is 0.0946.